The average molecular weight is 386 g/mol. The Morgan fingerprint density at radius 1 is 1.07 bits per heavy atom. The number of aromatic nitrogens is 3. The standard InChI is InChI=1S/C19H22N4O3S/c1-26-17-7-5-16(6-8-17)10-15-27(24,25)21-12-14-23-13-9-19(22-23)18-4-2-3-11-20-18/h2-9,11,13,21H,10,12,14-15H2,1H3. The number of nitrogens with one attached hydrogen (secondary N) is 1. The van der Waals surface area contributed by atoms with Crippen LogP contribution in [0.4, 0.5) is 0 Å². The van der Waals surface area contributed by atoms with E-state index >= 15 is 0 Å². The third kappa shape index (κ3) is 5.63. The summed E-state index contributed by atoms with van der Waals surface area (Å²) in [6.07, 6.45) is 3.98. The highest BCUT2D eigenvalue weighted by Crippen LogP contribution is 2.13. The molecule has 0 aliphatic heterocycles. The maximum atomic E-state index is 12.2. The summed E-state index contributed by atoms with van der Waals surface area (Å²) in [5, 5.41) is 4.42. The molecule has 3 rings (SSSR count). The van der Waals surface area contributed by atoms with Crippen molar-refractivity contribution in [3.8, 4) is 17.1 Å². The van der Waals surface area contributed by atoms with Crippen molar-refractivity contribution in [2.75, 3.05) is 19.4 Å². The van der Waals surface area contributed by atoms with Crippen molar-refractivity contribution >= 4 is 10.0 Å². The van der Waals surface area contributed by atoms with Crippen molar-refractivity contribution in [1.82, 2.24) is 19.5 Å². The molecule has 0 saturated heterocycles. The van der Waals surface area contributed by atoms with Gasteiger partial charge in [-0.05, 0) is 42.3 Å². The molecule has 2 heterocycles. The summed E-state index contributed by atoms with van der Waals surface area (Å²) in [5.74, 6) is 0.793. The first-order valence-electron chi connectivity index (χ1n) is 8.61. The molecule has 1 aromatic carbocycles. The molecule has 0 amide bonds. The van der Waals surface area contributed by atoms with Crippen LogP contribution in [-0.2, 0) is 23.0 Å². The van der Waals surface area contributed by atoms with Crippen LogP contribution in [0.5, 0.6) is 5.75 Å². The number of benzene rings is 1. The van der Waals surface area contributed by atoms with Crippen LogP contribution >= 0.6 is 0 Å². The molecule has 0 atom stereocenters. The van der Waals surface area contributed by atoms with Gasteiger partial charge in [0.15, 0.2) is 0 Å². The number of hydrogen-bond acceptors (Lipinski definition) is 5. The Morgan fingerprint density at radius 2 is 1.89 bits per heavy atom. The van der Waals surface area contributed by atoms with Gasteiger partial charge in [0.25, 0.3) is 0 Å². The Morgan fingerprint density at radius 3 is 2.59 bits per heavy atom. The fourth-order valence-electron chi connectivity index (χ4n) is 2.57. The van der Waals surface area contributed by atoms with E-state index in [-0.39, 0.29) is 12.3 Å². The SMILES string of the molecule is COc1ccc(CCS(=O)(=O)NCCn2ccc(-c3ccccn3)n2)cc1. The normalized spacial score (nSPS) is 11.4. The smallest absolute Gasteiger partial charge is 0.211 e. The number of hydrogen-bond donors (Lipinski definition) is 1. The van der Waals surface area contributed by atoms with Gasteiger partial charge >= 0.3 is 0 Å². The summed E-state index contributed by atoms with van der Waals surface area (Å²) in [6.45, 7) is 0.739. The van der Waals surface area contributed by atoms with Crippen LogP contribution in [0.15, 0.2) is 60.9 Å². The van der Waals surface area contributed by atoms with Crippen LogP contribution in [0.1, 0.15) is 5.56 Å². The molecule has 1 N–H and O–H groups in total. The number of pyridine rings is 1. The van der Waals surface area contributed by atoms with Gasteiger partial charge in [-0.2, -0.15) is 5.10 Å². The van der Waals surface area contributed by atoms with Crippen molar-refractivity contribution in [3.63, 3.8) is 0 Å². The third-order valence-corrected chi connectivity index (χ3v) is 5.43. The van der Waals surface area contributed by atoms with Gasteiger partial charge in [-0.25, -0.2) is 13.1 Å². The Kier molecular flexibility index (Phi) is 6.20. The second kappa shape index (κ2) is 8.79. The first kappa shape index (κ1) is 19.1. The van der Waals surface area contributed by atoms with Crippen LogP contribution < -0.4 is 9.46 Å². The number of ether oxygens (including phenoxy) is 1. The third-order valence-electron chi connectivity index (χ3n) is 4.05. The molecule has 3 aromatic rings. The van der Waals surface area contributed by atoms with Crippen molar-refractivity contribution in [3.05, 3.63) is 66.5 Å². The minimum Gasteiger partial charge on any atom is -0.497 e. The predicted octanol–water partition coefficient (Wildman–Crippen LogP) is 2.12. The molecule has 0 fully saturated rings. The quantitative estimate of drug-likeness (QED) is 0.609. The molecule has 0 spiro atoms. The van der Waals surface area contributed by atoms with Gasteiger partial charge in [-0.1, -0.05) is 18.2 Å². The van der Waals surface area contributed by atoms with Gasteiger partial charge in [0, 0.05) is 18.9 Å². The minimum atomic E-state index is -3.35. The molecular weight excluding hydrogens is 364 g/mol. The summed E-state index contributed by atoms with van der Waals surface area (Å²) in [5.41, 5.74) is 2.50. The van der Waals surface area contributed by atoms with E-state index in [1.807, 2.05) is 54.7 Å². The van der Waals surface area contributed by atoms with Crippen molar-refractivity contribution < 1.29 is 13.2 Å². The topological polar surface area (TPSA) is 86.1 Å². The van der Waals surface area contributed by atoms with E-state index in [1.54, 1.807) is 18.0 Å². The predicted molar refractivity (Wildman–Crippen MR) is 104 cm³/mol. The fourth-order valence-corrected chi connectivity index (χ4v) is 3.62. The minimum absolute atomic E-state index is 0.0393. The van der Waals surface area contributed by atoms with Crippen LogP contribution in [0.3, 0.4) is 0 Å². The number of nitrogens with zero attached hydrogens (tertiary/aromatic N) is 3. The highest BCUT2D eigenvalue weighted by Gasteiger charge is 2.10. The lowest BCUT2D eigenvalue weighted by Crippen LogP contribution is -2.30. The Hall–Kier alpha value is -2.71. The molecular formula is C19H22N4O3S. The first-order valence-corrected chi connectivity index (χ1v) is 10.3. The number of rotatable bonds is 9. The van der Waals surface area contributed by atoms with Gasteiger partial charge in [-0.3, -0.25) is 9.67 Å². The Bertz CT molecular complexity index is 954. The first-order chi connectivity index (χ1) is 13.1. The Labute approximate surface area is 159 Å². The lowest BCUT2D eigenvalue weighted by Gasteiger charge is -2.07. The molecule has 0 radical (unpaired) electrons. The maximum absolute atomic E-state index is 12.2. The van der Waals surface area contributed by atoms with Crippen LogP contribution in [-0.4, -0.2) is 42.6 Å². The fraction of sp³-hybridized carbons (Fsp3) is 0.263. The van der Waals surface area contributed by atoms with Crippen molar-refractivity contribution in [2.45, 2.75) is 13.0 Å². The zero-order chi connectivity index (χ0) is 19.1. The number of methoxy groups -OCH3 is 1. The van der Waals surface area contributed by atoms with Gasteiger partial charge in [0.1, 0.15) is 11.4 Å². The maximum Gasteiger partial charge on any atom is 0.211 e. The Balaban J connectivity index is 1.47. The van der Waals surface area contributed by atoms with Crippen LogP contribution in [0.2, 0.25) is 0 Å². The zero-order valence-corrected chi connectivity index (χ0v) is 15.9. The van der Waals surface area contributed by atoms with E-state index in [4.69, 9.17) is 4.74 Å². The number of aryl methyl sites for hydroxylation is 1. The second-order valence-corrected chi connectivity index (χ2v) is 7.92. The summed E-state index contributed by atoms with van der Waals surface area (Å²) >= 11 is 0. The largest absolute Gasteiger partial charge is 0.497 e. The summed E-state index contributed by atoms with van der Waals surface area (Å²) in [4.78, 5) is 4.25. The van der Waals surface area contributed by atoms with E-state index in [1.165, 1.54) is 0 Å². The molecule has 7 nitrogen and oxygen atoms in total. The highest BCUT2D eigenvalue weighted by atomic mass is 32.2. The molecule has 142 valence electrons. The molecule has 2 aromatic heterocycles. The highest BCUT2D eigenvalue weighted by molar-refractivity contribution is 7.89. The van der Waals surface area contributed by atoms with Gasteiger partial charge in [-0.15, -0.1) is 0 Å². The van der Waals surface area contributed by atoms with Gasteiger partial charge in [0.2, 0.25) is 10.0 Å². The molecule has 27 heavy (non-hydrogen) atoms. The molecule has 0 saturated carbocycles. The van der Waals surface area contributed by atoms with E-state index < -0.39 is 10.0 Å². The van der Waals surface area contributed by atoms with Crippen molar-refractivity contribution in [2.24, 2.45) is 0 Å². The van der Waals surface area contributed by atoms with E-state index in [0.29, 0.717) is 13.0 Å². The average Bonchev–Trinajstić information content (AvgIpc) is 3.16. The van der Waals surface area contributed by atoms with Gasteiger partial charge in [0.05, 0.1) is 25.1 Å². The lowest BCUT2D eigenvalue weighted by atomic mass is 10.2. The lowest BCUT2D eigenvalue weighted by molar-refractivity contribution is 0.414. The summed E-state index contributed by atoms with van der Waals surface area (Å²) in [7, 11) is -1.75. The molecule has 0 aliphatic carbocycles. The van der Waals surface area contributed by atoms with E-state index in [9.17, 15) is 8.42 Å². The summed E-state index contributed by atoms with van der Waals surface area (Å²) in [6, 6.07) is 14.9. The van der Waals surface area contributed by atoms with E-state index in [2.05, 4.69) is 14.8 Å². The zero-order valence-electron chi connectivity index (χ0n) is 15.1. The summed E-state index contributed by atoms with van der Waals surface area (Å²) < 4.78 is 33.8. The molecule has 8 heteroatoms. The molecule has 0 bridgehead atoms. The molecule has 0 unspecified atom stereocenters. The molecule has 0 aliphatic rings. The van der Waals surface area contributed by atoms with Crippen LogP contribution in [0.25, 0.3) is 11.4 Å². The van der Waals surface area contributed by atoms with Gasteiger partial charge < -0.3 is 4.74 Å². The van der Waals surface area contributed by atoms with Crippen molar-refractivity contribution in [1.29, 1.82) is 0 Å². The van der Waals surface area contributed by atoms with E-state index in [0.717, 1.165) is 22.7 Å². The second-order valence-electron chi connectivity index (χ2n) is 5.99. The van der Waals surface area contributed by atoms with Crippen LogP contribution in [0, 0.1) is 0 Å². The number of sulfonamides is 1. The monoisotopic (exact) mass is 386 g/mol.